The molecule has 114 valence electrons. The van der Waals surface area contributed by atoms with E-state index >= 15 is 0 Å². The van der Waals surface area contributed by atoms with E-state index in [0.717, 1.165) is 5.56 Å². The first kappa shape index (κ1) is 17.1. The quantitative estimate of drug-likeness (QED) is 0.704. The number of hydrogen-bond donors (Lipinski definition) is 2. The zero-order valence-corrected chi connectivity index (χ0v) is 12.6. The Morgan fingerprint density at radius 1 is 1.52 bits per heavy atom. The molecule has 1 amide bonds. The number of benzene rings is 1. The van der Waals surface area contributed by atoms with Gasteiger partial charge in [0.15, 0.2) is 18.1 Å². The van der Waals surface area contributed by atoms with Crippen LogP contribution >= 0.6 is 11.6 Å². The molecular formula is C14H18ClN3O3. The van der Waals surface area contributed by atoms with E-state index in [1.54, 1.807) is 12.1 Å². The van der Waals surface area contributed by atoms with Crippen molar-refractivity contribution in [2.45, 2.75) is 12.8 Å². The number of carbonyl (C=O) groups is 1. The molecule has 0 aliphatic rings. The second-order valence-corrected chi connectivity index (χ2v) is 4.60. The van der Waals surface area contributed by atoms with Gasteiger partial charge in [-0.1, -0.05) is 11.6 Å². The van der Waals surface area contributed by atoms with Crippen LogP contribution in [0.2, 0.25) is 5.02 Å². The number of nitrogens with two attached hydrogens (primary N) is 1. The summed E-state index contributed by atoms with van der Waals surface area (Å²) in [6.45, 7) is 0.595. The highest BCUT2D eigenvalue weighted by Crippen LogP contribution is 2.36. The highest BCUT2D eigenvalue weighted by atomic mass is 35.5. The molecule has 1 aromatic carbocycles. The fraction of sp³-hybridized carbons (Fsp3) is 0.429. The van der Waals surface area contributed by atoms with Crippen LogP contribution < -0.4 is 20.5 Å². The van der Waals surface area contributed by atoms with Gasteiger partial charge in [-0.05, 0) is 30.7 Å². The van der Waals surface area contributed by atoms with Crippen LogP contribution in [0.3, 0.4) is 0 Å². The molecular weight excluding hydrogens is 294 g/mol. The minimum absolute atomic E-state index is 0.197. The Morgan fingerprint density at radius 3 is 2.90 bits per heavy atom. The topological polar surface area (TPSA) is 97.4 Å². The van der Waals surface area contributed by atoms with Crippen LogP contribution in [-0.2, 0) is 11.2 Å². The van der Waals surface area contributed by atoms with Crippen LogP contribution in [-0.4, -0.2) is 32.7 Å². The van der Waals surface area contributed by atoms with Crippen LogP contribution in [0.25, 0.3) is 0 Å². The van der Waals surface area contributed by atoms with E-state index in [1.807, 2.05) is 6.07 Å². The monoisotopic (exact) mass is 311 g/mol. The molecule has 0 fully saturated rings. The number of carbonyl (C=O) groups excluding carboxylic acids is 1. The van der Waals surface area contributed by atoms with Crippen LogP contribution in [0.5, 0.6) is 11.5 Å². The first-order valence-corrected chi connectivity index (χ1v) is 6.83. The van der Waals surface area contributed by atoms with E-state index in [0.29, 0.717) is 36.0 Å². The van der Waals surface area contributed by atoms with Gasteiger partial charge < -0.3 is 20.5 Å². The van der Waals surface area contributed by atoms with Crippen molar-refractivity contribution in [3.05, 3.63) is 22.7 Å². The van der Waals surface area contributed by atoms with Crippen LogP contribution in [0.1, 0.15) is 12.0 Å². The van der Waals surface area contributed by atoms with Crippen molar-refractivity contribution < 1.29 is 14.3 Å². The van der Waals surface area contributed by atoms with Gasteiger partial charge in [0.1, 0.15) is 0 Å². The van der Waals surface area contributed by atoms with Crippen molar-refractivity contribution in [3.8, 4) is 17.6 Å². The molecule has 1 rings (SSSR count). The Bertz CT molecular complexity index is 529. The number of ether oxygens (including phenoxy) is 2. The Hall–Kier alpha value is -1.97. The number of amides is 1. The lowest BCUT2D eigenvalue weighted by atomic mass is 10.1. The lowest BCUT2D eigenvalue weighted by molar-refractivity contribution is -0.123. The van der Waals surface area contributed by atoms with Gasteiger partial charge in [-0.3, -0.25) is 4.79 Å². The van der Waals surface area contributed by atoms with Gasteiger partial charge in [-0.2, -0.15) is 5.26 Å². The average Bonchev–Trinajstić information content (AvgIpc) is 2.46. The maximum Gasteiger partial charge on any atom is 0.257 e. The summed E-state index contributed by atoms with van der Waals surface area (Å²) in [6.07, 6.45) is 0.925. The molecule has 0 heterocycles. The smallest absolute Gasteiger partial charge is 0.257 e. The zero-order chi connectivity index (χ0) is 15.7. The number of nitriles is 1. The Morgan fingerprint density at radius 2 is 2.29 bits per heavy atom. The molecule has 7 heteroatoms. The van der Waals surface area contributed by atoms with Crippen LogP contribution in [0, 0.1) is 11.3 Å². The van der Waals surface area contributed by atoms with Gasteiger partial charge in [0.05, 0.1) is 24.6 Å². The molecule has 0 aliphatic carbocycles. The molecule has 0 saturated heterocycles. The molecule has 6 nitrogen and oxygen atoms in total. The van der Waals surface area contributed by atoms with Crippen molar-refractivity contribution >= 4 is 17.5 Å². The lowest BCUT2D eigenvalue weighted by Crippen LogP contribution is -2.29. The SMILES string of the molecule is COc1cc(CCN)cc(Cl)c1OCC(=O)NCCC#N. The van der Waals surface area contributed by atoms with E-state index < -0.39 is 0 Å². The van der Waals surface area contributed by atoms with Gasteiger partial charge in [0.25, 0.3) is 5.91 Å². The summed E-state index contributed by atoms with van der Waals surface area (Å²) in [5.41, 5.74) is 6.44. The second-order valence-electron chi connectivity index (χ2n) is 4.19. The summed E-state index contributed by atoms with van der Waals surface area (Å²) in [5.74, 6) is 0.445. The molecule has 0 bridgehead atoms. The second kappa shape index (κ2) is 9.06. The van der Waals surface area contributed by atoms with Gasteiger partial charge in [0, 0.05) is 6.54 Å². The number of nitrogens with one attached hydrogen (secondary N) is 1. The number of hydrogen-bond acceptors (Lipinski definition) is 5. The summed E-state index contributed by atoms with van der Waals surface area (Å²) in [6, 6.07) is 5.45. The molecule has 3 N–H and O–H groups in total. The van der Waals surface area contributed by atoms with Gasteiger partial charge in [-0.25, -0.2) is 0 Å². The standard InChI is InChI=1S/C14H18ClN3O3/c1-20-12-8-10(3-5-17)7-11(15)14(12)21-9-13(19)18-6-2-4-16/h7-8H,2-3,5-6,9,17H2,1H3,(H,18,19). The normalized spacial score (nSPS) is 9.81. The fourth-order valence-electron chi connectivity index (χ4n) is 1.67. The summed E-state index contributed by atoms with van der Waals surface area (Å²) in [5, 5.41) is 11.3. The molecule has 0 atom stereocenters. The van der Waals surface area contributed by atoms with Crippen molar-refractivity contribution in [1.29, 1.82) is 5.26 Å². The molecule has 0 radical (unpaired) electrons. The largest absolute Gasteiger partial charge is 0.493 e. The van der Waals surface area contributed by atoms with E-state index in [4.69, 9.17) is 32.1 Å². The summed E-state index contributed by atoms with van der Waals surface area (Å²) in [7, 11) is 1.50. The number of halogens is 1. The van der Waals surface area contributed by atoms with Gasteiger partial charge >= 0.3 is 0 Å². The third-order valence-corrected chi connectivity index (χ3v) is 2.91. The number of nitrogens with zero attached hydrogens (tertiary/aromatic N) is 1. The highest BCUT2D eigenvalue weighted by Gasteiger charge is 2.13. The lowest BCUT2D eigenvalue weighted by Gasteiger charge is -2.14. The molecule has 0 unspecified atom stereocenters. The predicted molar refractivity (Wildman–Crippen MR) is 79.5 cm³/mol. The minimum Gasteiger partial charge on any atom is -0.493 e. The first-order valence-electron chi connectivity index (χ1n) is 6.45. The molecule has 0 saturated carbocycles. The Labute approximate surface area is 128 Å². The van der Waals surface area contributed by atoms with E-state index in [1.165, 1.54) is 7.11 Å². The summed E-state index contributed by atoms with van der Waals surface area (Å²) in [4.78, 5) is 11.5. The number of rotatable bonds is 8. The fourth-order valence-corrected chi connectivity index (χ4v) is 1.96. The maximum atomic E-state index is 11.5. The molecule has 0 aliphatic heterocycles. The average molecular weight is 312 g/mol. The van der Waals surface area contributed by atoms with Crippen molar-refractivity contribution in [1.82, 2.24) is 5.32 Å². The van der Waals surface area contributed by atoms with E-state index in [2.05, 4.69) is 5.32 Å². The van der Waals surface area contributed by atoms with E-state index in [-0.39, 0.29) is 18.9 Å². The van der Waals surface area contributed by atoms with Crippen LogP contribution in [0.15, 0.2) is 12.1 Å². The third-order valence-electron chi connectivity index (χ3n) is 2.63. The highest BCUT2D eigenvalue weighted by molar-refractivity contribution is 6.32. The number of methoxy groups -OCH3 is 1. The van der Waals surface area contributed by atoms with Crippen molar-refractivity contribution in [2.75, 3.05) is 26.8 Å². The minimum atomic E-state index is -0.325. The Kier molecular flexibility index (Phi) is 7.37. The van der Waals surface area contributed by atoms with E-state index in [9.17, 15) is 4.79 Å². The summed E-state index contributed by atoms with van der Waals surface area (Å²) < 4.78 is 10.6. The van der Waals surface area contributed by atoms with Crippen molar-refractivity contribution in [2.24, 2.45) is 5.73 Å². The van der Waals surface area contributed by atoms with Gasteiger partial charge in [0.2, 0.25) is 0 Å². The maximum absolute atomic E-state index is 11.5. The predicted octanol–water partition coefficient (Wildman–Crippen LogP) is 1.26. The van der Waals surface area contributed by atoms with Gasteiger partial charge in [-0.15, -0.1) is 0 Å². The Balaban J connectivity index is 2.70. The molecule has 0 spiro atoms. The third kappa shape index (κ3) is 5.50. The molecule has 21 heavy (non-hydrogen) atoms. The molecule has 1 aromatic rings. The zero-order valence-electron chi connectivity index (χ0n) is 11.8. The van der Waals surface area contributed by atoms with Crippen LogP contribution in [0.4, 0.5) is 0 Å². The molecule has 0 aromatic heterocycles. The summed E-state index contributed by atoms with van der Waals surface area (Å²) >= 11 is 6.14. The first-order chi connectivity index (χ1) is 10.1. The van der Waals surface area contributed by atoms with Crippen molar-refractivity contribution in [3.63, 3.8) is 0 Å².